The third-order valence-corrected chi connectivity index (χ3v) is 10.5. The fourth-order valence-electron chi connectivity index (χ4n) is 7.67. The molecule has 1 aromatic heterocycles. The standard InChI is InChI=1S/C32H25BrClFN2O6/c1-32-22(29(40)37(31(32)42)17-6-10-24(35)23(34)12-17)13-21-19(27(32)25-11-7-18(14-38)43-25)8-9-20-26(21)30(41)36(28(20)39)16-4-2-15(33)3-5-16/h2-8,10-12,20-22,26-27,38H,9,13-14H2,1H3. The third kappa shape index (κ3) is 3.96. The molecule has 2 aliphatic heterocycles. The summed E-state index contributed by atoms with van der Waals surface area (Å²) in [6.45, 7) is 1.36. The predicted molar refractivity (Wildman–Crippen MR) is 157 cm³/mol. The fraction of sp³-hybridized carbons (Fsp3) is 0.312. The number of allylic oxidation sites excluding steroid dienone is 2. The largest absolute Gasteiger partial charge is 0.463 e. The number of fused-ring (bicyclic) bond motifs is 4. The van der Waals surface area contributed by atoms with Crippen molar-refractivity contribution in [1.29, 1.82) is 0 Å². The van der Waals surface area contributed by atoms with Crippen LogP contribution in [-0.2, 0) is 25.8 Å². The van der Waals surface area contributed by atoms with Gasteiger partial charge < -0.3 is 9.52 Å². The molecule has 43 heavy (non-hydrogen) atoms. The summed E-state index contributed by atoms with van der Waals surface area (Å²) in [5.41, 5.74) is 0.0539. The lowest BCUT2D eigenvalue weighted by Gasteiger charge is -2.48. The molecule has 11 heteroatoms. The minimum Gasteiger partial charge on any atom is -0.463 e. The van der Waals surface area contributed by atoms with Crippen LogP contribution >= 0.6 is 27.5 Å². The Hall–Kier alpha value is -3.60. The normalized spacial score (nSPS) is 30.0. The van der Waals surface area contributed by atoms with E-state index in [4.69, 9.17) is 16.0 Å². The van der Waals surface area contributed by atoms with Crippen LogP contribution in [0.1, 0.15) is 37.2 Å². The van der Waals surface area contributed by atoms with Crippen molar-refractivity contribution in [2.24, 2.45) is 29.1 Å². The Morgan fingerprint density at radius 3 is 2.37 bits per heavy atom. The maximum atomic E-state index is 14.3. The van der Waals surface area contributed by atoms with Gasteiger partial charge in [0.1, 0.15) is 23.9 Å². The molecule has 0 bridgehead atoms. The molecule has 4 amide bonds. The number of carbonyl (C=O) groups excluding carboxylic acids is 4. The SMILES string of the molecule is CC12C(=O)N(c3ccc(F)c(Cl)c3)C(=O)C1CC1C(=CCC3C(=O)N(c4ccc(Br)cc4)C(=O)C31)C2c1ccc(CO)o1. The van der Waals surface area contributed by atoms with Crippen molar-refractivity contribution in [1.82, 2.24) is 0 Å². The van der Waals surface area contributed by atoms with Crippen LogP contribution in [0, 0.1) is 34.9 Å². The molecule has 4 aliphatic rings. The minimum absolute atomic E-state index is 0.148. The number of benzene rings is 2. The predicted octanol–water partition coefficient (Wildman–Crippen LogP) is 5.76. The number of carbonyl (C=O) groups is 4. The molecule has 1 N–H and O–H groups in total. The summed E-state index contributed by atoms with van der Waals surface area (Å²) < 4.78 is 20.8. The molecule has 7 rings (SSSR count). The van der Waals surface area contributed by atoms with Gasteiger partial charge in [-0.05, 0) is 80.3 Å². The molecule has 1 saturated carbocycles. The summed E-state index contributed by atoms with van der Waals surface area (Å²) in [5, 5.41) is 9.51. The first kappa shape index (κ1) is 28.2. The van der Waals surface area contributed by atoms with Crippen molar-refractivity contribution < 1.29 is 33.1 Å². The summed E-state index contributed by atoms with van der Waals surface area (Å²) in [5.74, 6) is -5.12. The lowest BCUT2D eigenvalue weighted by molar-refractivity contribution is -0.131. The van der Waals surface area contributed by atoms with Crippen LogP contribution in [0.4, 0.5) is 15.8 Å². The van der Waals surface area contributed by atoms with E-state index in [1.807, 2.05) is 6.08 Å². The van der Waals surface area contributed by atoms with Crippen LogP contribution in [-0.4, -0.2) is 28.7 Å². The number of halogens is 3. The Labute approximate surface area is 259 Å². The van der Waals surface area contributed by atoms with Gasteiger partial charge in [0.15, 0.2) is 0 Å². The van der Waals surface area contributed by atoms with Crippen LogP contribution in [0.2, 0.25) is 5.02 Å². The van der Waals surface area contributed by atoms with Gasteiger partial charge in [0.05, 0.1) is 45.5 Å². The second-order valence-electron chi connectivity index (χ2n) is 11.7. The van der Waals surface area contributed by atoms with Crippen LogP contribution in [0.25, 0.3) is 0 Å². The zero-order chi connectivity index (χ0) is 30.4. The number of aliphatic hydroxyl groups is 1. The van der Waals surface area contributed by atoms with Crippen molar-refractivity contribution in [3.05, 3.63) is 93.1 Å². The molecule has 2 aromatic carbocycles. The van der Waals surface area contributed by atoms with Gasteiger partial charge >= 0.3 is 0 Å². The lowest BCUT2D eigenvalue weighted by atomic mass is 9.52. The van der Waals surface area contributed by atoms with E-state index >= 15 is 0 Å². The zero-order valence-corrected chi connectivity index (χ0v) is 25.1. The van der Waals surface area contributed by atoms with Gasteiger partial charge in [-0.3, -0.25) is 24.1 Å². The second-order valence-corrected chi connectivity index (χ2v) is 13.0. The molecule has 2 saturated heterocycles. The number of rotatable bonds is 4. The first-order chi connectivity index (χ1) is 20.6. The van der Waals surface area contributed by atoms with Crippen molar-refractivity contribution in [2.45, 2.75) is 32.3 Å². The topological polar surface area (TPSA) is 108 Å². The van der Waals surface area contributed by atoms with E-state index in [0.29, 0.717) is 23.6 Å². The van der Waals surface area contributed by atoms with Crippen LogP contribution in [0.3, 0.4) is 0 Å². The molecule has 6 atom stereocenters. The molecule has 6 unspecified atom stereocenters. The van der Waals surface area contributed by atoms with Gasteiger partial charge in [0, 0.05) is 4.47 Å². The van der Waals surface area contributed by atoms with E-state index in [1.54, 1.807) is 43.3 Å². The molecule has 220 valence electrons. The molecule has 0 radical (unpaired) electrons. The Morgan fingerprint density at radius 2 is 1.70 bits per heavy atom. The molecule has 3 fully saturated rings. The molecular formula is C32H25BrClFN2O6. The first-order valence-corrected chi connectivity index (χ1v) is 15.1. The Kier molecular flexibility index (Phi) is 6.54. The summed E-state index contributed by atoms with van der Waals surface area (Å²) in [7, 11) is 0. The number of amides is 4. The summed E-state index contributed by atoms with van der Waals surface area (Å²) in [4.78, 5) is 58.4. The minimum atomic E-state index is -1.32. The number of aliphatic hydroxyl groups excluding tert-OH is 1. The van der Waals surface area contributed by atoms with Crippen molar-refractivity contribution in [3.63, 3.8) is 0 Å². The molecule has 2 aliphatic carbocycles. The average Bonchev–Trinajstić information content (AvgIpc) is 3.62. The average molecular weight is 668 g/mol. The molecule has 8 nitrogen and oxygen atoms in total. The van der Waals surface area contributed by atoms with E-state index < -0.39 is 52.6 Å². The maximum Gasteiger partial charge on any atom is 0.241 e. The van der Waals surface area contributed by atoms with Crippen LogP contribution in [0.15, 0.2) is 75.1 Å². The number of hydrogen-bond acceptors (Lipinski definition) is 6. The van der Waals surface area contributed by atoms with Crippen molar-refractivity contribution in [2.75, 3.05) is 9.80 Å². The molecule has 3 aromatic rings. The first-order valence-electron chi connectivity index (χ1n) is 13.9. The van der Waals surface area contributed by atoms with E-state index in [0.717, 1.165) is 21.0 Å². The highest BCUT2D eigenvalue weighted by molar-refractivity contribution is 9.10. The third-order valence-electron chi connectivity index (χ3n) is 9.64. The quantitative estimate of drug-likeness (QED) is 0.280. The zero-order valence-electron chi connectivity index (χ0n) is 22.8. The Morgan fingerprint density at radius 1 is 0.977 bits per heavy atom. The van der Waals surface area contributed by atoms with Gasteiger partial charge in [0.25, 0.3) is 0 Å². The van der Waals surface area contributed by atoms with E-state index in [9.17, 15) is 28.7 Å². The van der Waals surface area contributed by atoms with Crippen LogP contribution in [0.5, 0.6) is 0 Å². The smallest absolute Gasteiger partial charge is 0.241 e. The number of imide groups is 2. The van der Waals surface area contributed by atoms with Crippen molar-refractivity contribution >= 4 is 62.5 Å². The van der Waals surface area contributed by atoms with E-state index in [-0.39, 0.29) is 35.6 Å². The lowest BCUT2D eigenvalue weighted by Crippen LogP contribution is -2.48. The molecule has 3 heterocycles. The summed E-state index contributed by atoms with van der Waals surface area (Å²) >= 11 is 9.42. The number of furan rings is 1. The number of hydrogen-bond donors (Lipinski definition) is 1. The Balaban J connectivity index is 1.35. The van der Waals surface area contributed by atoms with Gasteiger partial charge in [0.2, 0.25) is 23.6 Å². The molecule has 0 spiro atoms. The summed E-state index contributed by atoms with van der Waals surface area (Å²) in [6, 6.07) is 13.9. The maximum absolute atomic E-state index is 14.3. The van der Waals surface area contributed by atoms with Crippen molar-refractivity contribution in [3.8, 4) is 0 Å². The van der Waals surface area contributed by atoms with E-state index in [1.165, 1.54) is 17.0 Å². The fourth-order valence-corrected chi connectivity index (χ4v) is 8.11. The monoisotopic (exact) mass is 666 g/mol. The second kappa shape index (κ2) is 9.97. The highest BCUT2D eigenvalue weighted by atomic mass is 79.9. The van der Waals surface area contributed by atoms with Crippen LogP contribution < -0.4 is 9.80 Å². The highest BCUT2D eigenvalue weighted by Gasteiger charge is 2.68. The van der Waals surface area contributed by atoms with E-state index in [2.05, 4.69) is 15.9 Å². The van der Waals surface area contributed by atoms with Gasteiger partial charge in [-0.15, -0.1) is 0 Å². The summed E-state index contributed by atoms with van der Waals surface area (Å²) in [6.07, 6.45) is 2.37. The number of anilines is 2. The molecular weight excluding hydrogens is 643 g/mol. The number of nitrogens with zero attached hydrogens (tertiary/aromatic N) is 2. The highest BCUT2D eigenvalue weighted by Crippen LogP contribution is 2.63. The van der Waals surface area contributed by atoms with Gasteiger partial charge in [-0.25, -0.2) is 9.29 Å². The van der Waals surface area contributed by atoms with Gasteiger partial charge in [-0.1, -0.05) is 39.2 Å². The van der Waals surface area contributed by atoms with Gasteiger partial charge in [-0.2, -0.15) is 0 Å². The Bertz CT molecular complexity index is 1750.